The molecule has 0 saturated carbocycles. The van der Waals surface area contributed by atoms with Crippen LogP contribution in [0.25, 0.3) is 0 Å². The lowest BCUT2D eigenvalue weighted by atomic mass is 9.90. The lowest BCUT2D eigenvalue weighted by Gasteiger charge is -2.31. The maximum Gasteiger partial charge on any atom is 0.127 e. The zero-order valence-corrected chi connectivity index (χ0v) is 12.6. The molecular weight excluding hydrogens is 264 g/mol. The van der Waals surface area contributed by atoms with Crippen molar-refractivity contribution in [3.63, 3.8) is 0 Å². The molecule has 0 amide bonds. The summed E-state index contributed by atoms with van der Waals surface area (Å²) >= 11 is 0. The smallest absolute Gasteiger partial charge is 0.127 e. The van der Waals surface area contributed by atoms with Gasteiger partial charge in [0.2, 0.25) is 0 Å². The molecule has 0 bridgehead atoms. The van der Waals surface area contributed by atoms with Gasteiger partial charge in [0, 0.05) is 12.0 Å². The van der Waals surface area contributed by atoms with Crippen LogP contribution in [0.2, 0.25) is 0 Å². The minimum Gasteiger partial charge on any atom is -0.497 e. The molecule has 110 valence electrons. The highest BCUT2D eigenvalue weighted by Gasteiger charge is 2.30. The number of hydrogen-bond donors (Lipinski definition) is 1. The molecular formula is C18H20O3. The molecule has 0 radical (unpaired) electrons. The van der Waals surface area contributed by atoms with Crippen molar-refractivity contribution in [2.45, 2.75) is 32.5 Å². The third-order valence-electron chi connectivity index (χ3n) is 4.15. The second-order valence-corrected chi connectivity index (χ2v) is 5.57. The summed E-state index contributed by atoms with van der Waals surface area (Å²) in [5, 5.41) is 10.5. The molecule has 2 atom stereocenters. The van der Waals surface area contributed by atoms with Crippen molar-refractivity contribution in [1.29, 1.82) is 0 Å². The van der Waals surface area contributed by atoms with Gasteiger partial charge in [-0.1, -0.05) is 18.2 Å². The second kappa shape index (κ2) is 5.41. The zero-order valence-electron chi connectivity index (χ0n) is 12.6. The van der Waals surface area contributed by atoms with E-state index in [1.807, 2.05) is 24.3 Å². The molecule has 3 heteroatoms. The summed E-state index contributed by atoms with van der Waals surface area (Å²) in [5.74, 6) is 1.48. The van der Waals surface area contributed by atoms with Gasteiger partial charge in [-0.05, 0) is 48.7 Å². The van der Waals surface area contributed by atoms with Crippen LogP contribution < -0.4 is 9.47 Å². The molecule has 1 heterocycles. The van der Waals surface area contributed by atoms with Crippen molar-refractivity contribution in [3.8, 4) is 11.5 Å². The van der Waals surface area contributed by atoms with Crippen molar-refractivity contribution in [3.05, 3.63) is 58.7 Å². The molecule has 2 aromatic rings. The molecule has 0 saturated heterocycles. The van der Waals surface area contributed by atoms with Gasteiger partial charge in [0.25, 0.3) is 0 Å². The summed E-state index contributed by atoms with van der Waals surface area (Å²) in [6, 6.07) is 11.8. The largest absolute Gasteiger partial charge is 0.497 e. The van der Waals surface area contributed by atoms with Crippen LogP contribution in [-0.4, -0.2) is 12.2 Å². The monoisotopic (exact) mass is 284 g/mol. The van der Waals surface area contributed by atoms with Gasteiger partial charge in [-0.25, -0.2) is 0 Å². The first-order valence-corrected chi connectivity index (χ1v) is 7.19. The van der Waals surface area contributed by atoms with Crippen molar-refractivity contribution in [2.75, 3.05) is 7.11 Å². The number of hydrogen-bond acceptors (Lipinski definition) is 3. The molecule has 0 spiro atoms. The minimum absolute atomic E-state index is 0.109. The summed E-state index contributed by atoms with van der Waals surface area (Å²) in [4.78, 5) is 0. The van der Waals surface area contributed by atoms with Crippen LogP contribution in [0.15, 0.2) is 36.4 Å². The normalized spacial score (nSPS) is 20.6. The van der Waals surface area contributed by atoms with E-state index in [-0.39, 0.29) is 6.10 Å². The lowest BCUT2D eigenvalue weighted by molar-refractivity contribution is 0.0649. The summed E-state index contributed by atoms with van der Waals surface area (Å²) in [6.45, 7) is 4.17. The van der Waals surface area contributed by atoms with Crippen molar-refractivity contribution in [2.24, 2.45) is 0 Å². The third kappa shape index (κ3) is 2.49. The van der Waals surface area contributed by atoms with E-state index in [0.717, 1.165) is 17.1 Å². The number of aryl methyl sites for hydroxylation is 2. The standard InChI is InChI=1S/C18H20O3/c1-11-5-4-6-12(2)18(11)17-10-15(19)14-9-13(20-3)7-8-16(14)21-17/h4-9,15,17,19H,10H2,1-3H3/t15-,17?/m1/s1. The van der Waals surface area contributed by atoms with Crippen LogP contribution in [0.3, 0.4) is 0 Å². The van der Waals surface area contributed by atoms with Crippen LogP contribution >= 0.6 is 0 Å². The fraction of sp³-hybridized carbons (Fsp3) is 0.333. The van der Waals surface area contributed by atoms with Gasteiger partial charge >= 0.3 is 0 Å². The number of aliphatic hydroxyl groups excluding tert-OH is 1. The van der Waals surface area contributed by atoms with Crippen molar-refractivity contribution < 1.29 is 14.6 Å². The number of methoxy groups -OCH3 is 1. The highest BCUT2D eigenvalue weighted by molar-refractivity contribution is 5.45. The molecule has 1 aliphatic rings. The first-order chi connectivity index (χ1) is 10.1. The fourth-order valence-electron chi connectivity index (χ4n) is 3.06. The molecule has 1 N–H and O–H groups in total. The quantitative estimate of drug-likeness (QED) is 0.910. The van der Waals surface area contributed by atoms with E-state index >= 15 is 0 Å². The maximum atomic E-state index is 10.5. The van der Waals surface area contributed by atoms with Gasteiger partial charge in [-0.2, -0.15) is 0 Å². The Morgan fingerprint density at radius 1 is 1.14 bits per heavy atom. The fourth-order valence-corrected chi connectivity index (χ4v) is 3.06. The van der Waals surface area contributed by atoms with Crippen LogP contribution in [0.5, 0.6) is 11.5 Å². The average molecular weight is 284 g/mol. The van der Waals surface area contributed by atoms with E-state index < -0.39 is 6.10 Å². The van der Waals surface area contributed by atoms with E-state index in [0.29, 0.717) is 6.42 Å². The van der Waals surface area contributed by atoms with E-state index in [9.17, 15) is 5.11 Å². The third-order valence-corrected chi connectivity index (χ3v) is 4.15. The number of fused-ring (bicyclic) bond motifs is 1. The Kier molecular flexibility index (Phi) is 3.60. The Labute approximate surface area is 125 Å². The van der Waals surface area contributed by atoms with Gasteiger partial charge in [-0.3, -0.25) is 0 Å². The molecule has 21 heavy (non-hydrogen) atoms. The van der Waals surface area contributed by atoms with Gasteiger partial charge in [0.05, 0.1) is 13.2 Å². The highest BCUT2D eigenvalue weighted by Crippen LogP contribution is 2.43. The van der Waals surface area contributed by atoms with E-state index in [4.69, 9.17) is 9.47 Å². The maximum absolute atomic E-state index is 10.5. The van der Waals surface area contributed by atoms with E-state index in [2.05, 4.69) is 26.0 Å². The highest BCUT2D eigenvalue weighted by atomic mass is 16.5. The Morgan fingerprint density at radius 2 is 1.86 bits per heavy atom. The molecule has 1 aliphatic heterocycles. The SMILES string of the molecule is COc1ccc2c(c1)[C@H](O)CC(c1c(C)cccc1C)O2. The van der Waals surface area contributed by atoms with Crippen LogP contribution in [0, 0.1) is 13.8 Å². The average Bonchev–Trinajstić information content (AvgIpc) is 2.47. The van der Waals surface area contributed by atoms with Gasteiger partial charge in [0.1, 0.15) is 17.6 Å². The summed E-state index contributed by atoms with van der Waals surface area (Å²) in [5.41, 5.74) is 4.38. The summed E-state index contributed by atoms with van der Waals surface area (Å²) < 4.78 is 11.3. The van der Waals surface area contributed by atoms with Crippen LogP contribution in [-0.2, 0) is 0 Å². The van der Waals surface area contributed by atoms with Crippen LogP contribution in [0.4, 0.5) is 0 Å². The zero-order chi connectivity index (χ0) is 15.0. The minimum atomic E-state index is -0.534. The molecule has 2 aromatic carbocycles. The Balaban J connectivity index is 1.99. The molecule has 0 aromatic heterocycles. The Morgan fingerprint density at radius 3 is 2.52 bits per heavy atom. The molecule has 3 rings (SSSR count). The van der Waals surface area contributed by atoms with Gasteiger partial charge in [-0.15, -0.1) is 0 Å². The number of aliphatic hydroxyl groups is 1. The number of rotatable bonds is 2. The van der Waals surface area contributed by atoms with Gasteiger partial charge in [0.15, 0.2) is 0 Å². The molecule has 3 nitrogen and oxygen atoms in total. The molecule has 0 fully saturated rings. The number of benzene rings is 2. The summed E-state index contributed by atoms with van der Waals surface area (Å²) in [6.07, 6.45) is -0.0822. The lowest BCUT2D eigenvalue weighted by Crippen LogP contribution is -2.20. The van der Waals surface area contributed by atoms with E-state index in [1.165, 1.54) is 16.7 Å². The first-order valence-electron chi connectivity index (χ1n) is 7.19. The number of ether oxygens (including phenoxy) is 2. The van der Waals surface area contributed by atoms with E-state index in [1.54, 1.807) is 7.11 Å². The van der Waals surface area contributed by atoms with Crippen molar-refractivity contribution in [1.82, 2.24) is 0 Å². The first kappa shape index (κ1) is 14.0. The second-order valence-electron chi connectivity index (χ2n) is 5.57. The Bertz CT molecular complexity index is 643. The Hall–Kier alpha value is -2.00. The topological polar surface area (TPSA) is 38.7 Å². The predicted octanol–water partition coefficient (Wildman–Crippen LogP) is 3.87. The predicted molar refractivity (Wildman–Crippen MR) is 81.9 cm³/mol. The van der Waals surface area contributed by atoms with Crippen LogP contribution in [0.1, 0.15) is 40.9 Å². The molecule has 1 unspecified atom stereocenters. The van der Waals surface area contributed by atoms with Crippen molar-refractivity contribution >= 4 is 0 Å². The summed E-state index contributed by atoms with van der Waals surface area (Å²) in [7, 11) is 1.62. The molecule has 0 aliphatic carbocycles. The van der Waals surface area contributed by atoms with Gasteiger partial charge < -0.3 is 14.6 Å².